The van der Waals surface area contributed by atoms with Crippen molar-refractivity contribution >= 4 is 16.9 Å². The number of methoxy groups -OCH3 is 1. The topological polar surface area (TPSA) is 55.3 Å². The first-order valence-electron chi connectivity index (χ1n) is 7.28. The van der Waals surface area contributed by atoms with E-state index in [2.05, 4.69) is 9.97 Å². The number of amides is 1. The highest BCUT2D eigenvalue weighted by Crippen LogP contribution is 2.19. The highest BCUT2D eigenvalue weighted by molar-refractivity contribution is 5.94. The maximum Gasteiger partial charge on any atom is 0.272 e. The molecule has 0 N–H and O–H groups in total. The molecule has 0 aliphatic rings. The van der Waals surface area contributed by atoms with Crippen LogP contribution in [-0.2, 0) is 6.54 Å². The number of hydrogen-bond acceptors (Lipinski definition) is 4. The Morgan fingerprint density at radius 1 is 1.13 bits per heavy atom. The number of pyridine rings is 2. The second-order valence-electron chi connectivity index (χ2n) is 5.22. The van der Waals surface area contributed by atoms with Gasteiger partial charge in [-0.05, 0) is 30.3 Å². The number of carbonyl (C=O) groups excluding carboxylic acids is 1. The molecular weight excluding hydrogens is 290 g/mol. The maximum atomic E-state index is 12.6. The number of para-hydroxylation sites is 1. The van der Waals surface area contributed by atoms with E-state index in [1.807, 2.05) is 42.5 Å². The van der Waals surface area contributed by atoms with Crippen LogP contribution < -0.4 is 4.74 Å². The molecule has 0 aliphatic carbocycles. The molecule has 5 nitrogen and oxygen atoms in total. The van der Waals surface area contributed by atoms with Gasteiger partial charge in [0.2, 0.25) is 0 Å². The summed E-state index contributed by atoms with van der Waals surface area (Å²) in [4.78, 5) is 22.7. The first-order valence-corrected chi connectivity index (χ1v) is 7.28. The highest BCUT2D eigenvalue weighted by atomic mass is 16.5. The Kier molecular flexibility index (Phi) is 4.19. The summed E-state index contributed by atoms with van der Waals surface area (Å²) in [5.41, 5.74) is 1.91. The van der Waals surface area contributed by atoms with Crippen LogP contribution in [0.2, 0.25) is 0 Å². The molecule has 1 aromatic carbocycles. The van der Waals surface area contributed by atoms with Gasteiger partial charge >= 0.3 is 0 Å². The molecule has 2 aromatic heterocycles. The molecule has 0 fully saturated rings. The number of benzene rings is 1. The smallest absolute Gasteiger partial charge is 0.272 e. The fourth-order valence-corrected chi connectivity index (χ4v) is 2.43. The third kappa shape index (κ3) is 3.13. The Morgan fingerprint density at radius 2 is 1.96 bits per heavy atom. The molecule has 0 radical (unpaired) electrons. The summed E-state index contributed by atoms with van der Waals surface area (Å²) < 4.78 is 5.33. The minimum absolute atomic E-state index is 0.150. The molecule has 0 atom stereocenters. The number of ether oxygens (including phenoxy) is 1. The van der Waals surface area contributed by atoms with Crippen molar-refractivity contribution in [2.24, 2.45) is 0 Å². The summed E-state index contributed by atoms with van der Waals surface area (Å²) in [6.45, 7) is 0.449. The molecule has 0 spiro atoms. The van der Waals surface area contributed by atoms with Crippen molar-refractivity contribution in [2.75, 3.05) is 14.2 Å². The lowest BCUT2D eigenvalue weighted by atomic mass is 10.2. The lowest BCUT2D eigenvalue weighted by Gasteiger charge is -2.18. The Bertz CT molecular complexity index is 848. The summed E-state index contributed by atoms with van der Waals surface area (Å²) in [6, 6.07) is 15.0. The number of rotatable bonds is 4. The zero-order valence-corrected chi connectivity index (χ0v) is 13.1. The fourth-order valence-electron chi connectivity index (χ4n) is 2.43. The second-order valence-corrected chi connectivity index (χ2v) is 5.22. The Morgan fingerprint density at radius 3 is 2.78 bits per heavy atom. The number of aromatic nitrogens is 2. The van der Waals surface area contributed by atoms with Crippen molar-refractivity contribution in [1.82, 2.24) is 14.9 Å². The lowest BCUT2D eigenvalue weighted by molar-refractivity contribution is 0.0779. The molecule has 0 saturated heterocycles. The molecule has 2 heterocycles. The van der Waals surface area contributed by atoms with Gasteiger partial charge in [0, 0.05) is 30.7 Å². The largest absolute Gasteiger partial charge is 0.496 e. The molecule has 0 saturated carbocycles. The van der Waals surface area contributed by atoms with Crippen molar-refractivity contribution in [3.05, 3.63) is 66.0 Å². The average Bonchev–Trinajstić information content (AvgIpc) is 2.61. The normalized spacial score (nSPS) is 10.5. The van der Waals surface area contributed by atoms with E-state index in [4.69, 9.17) is 4.74 Å². The van der Waals surface area contributed by atoms with E-state index in [1.54, 1.807) is 31.3 Å². The summed E-state index contributed by atoms with van der Waals surface area (Å²) in [5, 5.41) is 0.913. The van der Waals surface area contributed by atoms with Gasteiger partial charge in [0.05, 0.1) is 7.11 Å². The summed E-state index contributed by atoms with van der Waals surface area (Å²) >= 11 is 0. The molecule has 23 heavy (non-hydrogen) atoms. The van der Waals surface area contributed by atoms with Gasteiger partial charge in [-0.1, -0.05) is 18.2 Å². The van der Waals surface area contributed by atoms with Gasteiger partial charge in [-0.25, -0.2) is 9.97 Å². The van der Waals surface area contributed by atoms with E-state index >= 15 is 0 Å². The molecule has 3 aromatic rings. The fraction of sp³-hybridized carbons (Fsp3) is 0.167. The predicted octanol–water partition coefficient (Wildman–Crippen LogP) is 2.91. The van der Waals surface area contributed by atoms with Gasteiger partial charge in [-0.2, -0.15) is 0 Å². The Hall–Kier alpha value is -2.95. The lowest BCUT2D eigenvalue weighted by Crippen LogP contribution is -2.27. The van der Waals surface area contributed by atoms with Crippen molar-refractivity contribution in [3.8, 4) is 5.75 Å². The summed E-state index contributed by atoms with van der Waals surface area (Å²) in [5.74, 6) is 0.615. The first kappa shape index (κ1) is 15.0. The monoisotopic (exact) mass is 307 g/mol. The van der Waals surface area contributed by atoms with Crippen molar-refractivity contribution in [3.63, 3.8) is 0 Å². The third-order valence-electron chi connectivity index (χ3n) is 3.63. The van der Waals surface area contributed by atoms with Crippen LogP contribution in [-0.4, -0.2) is 34.9 Å². The average molecular weight is 307 g/mol. The van der Waals surface area contributed by atoms with Gasteiger partial charge in [-0.15, -0.1) is 0 Å². The van der Waals surface area contributed by atoms with Gasteiger partial charge in [0.1, 0.15) is 11.4 Å². The number of hydrogen-bond donors (Lipinski definition) is 0. The molecule has 116 valence electrons. The van der Waals surface area contributed by atoms with Gasteiger partial charge < -0.3 is 9.64 Å². The number of carbonyl (C=O) groups is 1. The van der Waals surface area contributed by atoms with Crippen LogP contribution >= 0.6 is 0 Å². The SMILES string of the molecule is COc1ccccc1CN(C)C(=O)c1ccc2cccnc2n1. The molecule has 3 rings (SSSR count). The van der Waals surface area contributed by atoms with Crippen molar-refractivity contribution in [1.29, 1.82) is 0 Å². The molecule has 1 amide bonds. The summed E-state index contributed by atoms with van der Waals surface area (Å²) in [6.07, 6.45) is 1.67. The number of fused-ring (bicyclic) bond motifs is 1. The van der Waals surface area contributed by atoms with E-state index in [0.29, 0.717) is 17.9 Å². The van der Waals surface area contributed by atoms with E-state index in [1.165, 1.54) is 0 Å². The Labute approximate surface area is 134 Å². The maximum absolute atomic E-state index is 12.6. The van der Waals surface area contributed by atoms with Crippen LogP contribution in [0.5, 0.6) is 5.75 Å². The van der Waals surface area contributed by atoms with Crippen LogP contribution in [0, 0.1) is 0 Å². The minimum Gasteiger partial charge on any atom is -0.496 e. The van der Waals surface area contributed by atoms with Crippen LogP contribution in [0.25, 0.3) is 11.0 Å². The van der Waals surface area contributed by atoms with E-state index in [9.17, 15) is 4.79 Å². The molecule has 5 heteroatoms. The quantitative estimate of drug-likeness (QED) is 0.743. The molecule has 0 unspecified atom stereocenters. The molecule has 0 aliphatic heterocycles. The molecular formula is C18H17N3O2. The van der Waals surface area contributed by atoms with E-state index in [0.717, 1.165) is 16.7 Å². The van der Waals surface area contributed by atoms with Crippen LogP contribution in [0.1, 0.15) is 16.1 Å². The van der Waals surface area contributed by atoms with Crippen LogP contribution in [0.15, 0.2) is 54.7 Å². The second kappa shape index (κ2) is 6.44. The standard InChI is InChI=1S/C18H17N3O2/c1-21(12-14-6-3-4-8-16(14)23-2)18(22)15-10-9-13-7-5-11-19-17(13)20-15/h3-11H,12H2,1-2H3. The molecule has 0 bridgehead atoms. The zero-order chi connectivity index (χ0) is 16.2. The van der Waals surface area contributed by atoms with Crippen LogP contribution in [0.3, 0.4) is 0 Å². The van der Waals surface area contributed by atoms with Crippen LogP contribution in [0.4, 0.5) is 0 Å². The van der Waals surface area contributed by atoms with Gasteiger partial charge in [0.25, 0.3) is 5.91 Å². The Balaban J connectivity index is 1.83. The van der Waals surface area contributed by atoms with Gasteiger partial charge in [-0.3, -0.25) is 4.79 Å². The third-order valence-corrected chi connectivity index (χ3v) is 3.63. The minimum atomic E-state index is -0.150. The number of nitrogens with zero attached hydrogens (tertiary/aromatic N) is 3. The van der Waals surface area contributed by atoms with E-state index in [-0.39, 0.29) is 5.91 Å². The predicted molar refractivity (Wildman–Crippen MR) is 88.3 cm³/mol. The summed E-state index contributed by atoms with van der Waals surface area (Å²) in [7, 11) is 3.37. The zero-order valence-electron chi connectivity index (χ0n) is 13.1. The van der Waals surface area contributed by atoms with Gasteiger partial charge in [0.15, 0.2) is 5.65 Å². The highest BCUT2D eigenvalue weighted by Gasteiger charge is 2.15. The van der Waals surface area contributed by atoms with Crippen molar-refractivity contribution in [2.45, 2.75) is 6.54 Å². The first-order chi connectivity index (χ1) is 11.2. The van der Waals surface area contributed by atoms with Crippen molar-refractivity contribution < 1.29 is 9.53 Å². The van der Waals surface area contributed by atoms with E-state index < -0.39 is 0 Å².